The number of esters is 2. The summed E-state index contributed by atoms with van der Waals surface area (Å²) in [4.78, 5) is 51.8. The third-order valence-corrected chi connectivity index (χ3v) is 6.67. The second-order valence-electron chi connectivity index (χ2n) is 8.10. The van der Waals surface area contributed by atoms with E-state index in [1.165, 1.54) is 6.92 Å². The summed E-state index contributed by atoms with van der Waals surface area (Å²) in [6.07, 6.45) is 3.16. The number of furan rings is 1. The smallest absolute Gasteiger partial charge is 0.374 e. The summed E-state index contributed by atoms with van der Waals surface area (Å²) in [5.74, 6) is -2.69. The van der Waals surface area contributed by atoms with Crippen molar-refractivity contribution in [2.75, 3.05) is 6.61 Å². The predicted molar refractivity (Wildman–Crippen MR) is 116 cm³/mol. The van der Waals surface area contributed by atoms with Gasteiger partial charge in [-0.2, -0.15) is 0 Å². The number of fused-ring (bicyclic) bond motifs is 2. The maximum absolute atomic E-state index is 12.8. The molecule has 9 heteroatoms. The van der Waals surface area contributed by atoms with Gasteiger partial charge in [0.05, 0.1) is 24.0 Å². The third-order valence-electron chi connectivity index (χ3n) is 6.18. The Hall–Kier alpha value is -2.68. The van der Waals surface area contributed by atoms with Crippen LogP contribution in [-0.2, 0) is 30.5 Å². The Balaban J connectivity index is 1.54. The molecule has 3 atom stereocenters. The minimum atomic E-state index is -1.04. The van der Waals surface area contributed by atoms with Crippen LogP contribution in [0.25, 0.3) is 11.0 Å². The van der Waals surface area contributed by atoms with E-state index in [0.717, 1.165) is 22.2 Å². The summed E-state index contributed by atoms with van der Waals surface area (Å²) >= 11 is 3.39. The summed E-state index contributed by atoms with van der Waals surface area (Å²) in [5, 5.41) is 0.599. The summed E-state index contributed by atoms with van der Waals surface area (Å²) in [7, 11) is 0. The van der Waals surface area contributed by atoms with E-state index in [-0.39, 0.29) is 42.6 Å². The molecule has 1 saturated heterocycles. The first-order chi connectivity index (χ1) is 15.3. The average molecular weight is 506 g/mol. The number of nitrogens with zero attached hydrogens (tertiary/aromatic N) is 1. The van der Waals surface area contributed by atoms with Crippen LogP contribution in [0.5, 0.6) is 0 Å². The standard InChI is InChI=1S/C23H24BrNO7/c1-3-30-23(29)19-17(16-10-13(24)8-9-18(16)32-19)11-31-22(28)12(2)25-20(26)14-6-4-5-7-15(14)21(25)27/h8-10,12,14-15H,3-7,11H2,1-2H3/t12-,14+,15+/m0/s1. The van der Waals surface area contributed by atoms with Crippen LogP contribution in [0.1, 0.15) is 55.6 Å². The Labute approximate surface area is 193 Å². The minimum absolute atomic E-state index is 0.0419. The number of amides is 2. The van der Waals surface area contributed by atoms with Crippen molar-refractivity contribution in [1.29, 1.82) is 0 Å². The molecule has 2 aliphatic rings. The van der Waals surface area contributed by atoms with Crippen molar-refractivity contribution in [3.8, 4) is 0 Å². The van der Waals surface area contributed by atoms with E-state index in [4.69, 9.17) is 13.9 Å². The van der Waals surface area contributed by atoms with E-state index >= 15 is 0 Å². The summed E-state index contributed by atoms with van der Waals surface area (Å²) in [6.45, 7) is 3.08. The van der Waals surface area contributed by atoms with Gasteiger partial charge in [0.1, 0.15) is 18.2 Å². The summed E-state index contributed by atoms with van der Waals surface area (Å²) in [6, 6.07) is 4.17. The highest BCUT2D eigenvalue weighted by molar-refractivity contribution is 9.10. The number of hydrogen-bond acceptors (Lipinski definition) is 7. The van der Waals surface area contributed by atoms with Crippen LogP contribution in [0.4, 0.5) is 0 Å². The Morgan fingerprint density at radius 2 is 1.81 bits per heavy atom. The Morgan fingerprint density at radius 1 is 1.16 bits per heavy atom. The number of imide groups is 1. The lowest BCUT2D eigenvalue weighted by Crippen LogP contribution is -2.44. The highest BCUT2D eigenvalue weighted by Crippen LogP contribution is 2.39. The summed E-state index contributed by atoms with van der Waals surface area (Å²) in [5.41, 5.74) is 0.817. The first-order valence-electron chi connectivity index (χ1n) is 10.7. The third kappa shape index (κ3) is 3.94. The number of likely N-dealkylation sites (tertiary alicyclic amines) is 1. The van der Waals surface area contributed by atoms with Crippen LogP contribution in [0.2, 0.25) is 0 Å². The van der Waals surface area contributed by atoms with Gasteiger partial charge < -0.3 is 13.9 Å². The molecule has 1 aliphatic carbocycles. The Morgan fingerprint density at radius 3 is 2.44 bits per heavy atom. The molecule has 2 heterocycles. The topological polar surface area (TPSA) is 103 Å². The van der Waals surface area contributed by atoms with E-state index in [1.54, 1.807) is 25.1 Å². The first kappa shape index (κ1) is 22.5. The molecule has 1 saturated carbocycles. The average Bonchev–Trinajstić information content (AvgIpc) is 3.26. The van der Waals surface area contributed by atoms with Crippen molar-refractivity contribution in [2.45, 2.75) is 52.2 Å². The van der Waals surface area contributed by atoms with Crippen LogP contribution < -0.4 is 0 Å². The van der Waals surface area contributed by atoms with Crippen LogP contribution in [0, 0.1) is 11.8 Å². The van der Waals surface area contributed by atoms with E-state index in [9.17, 15) is 19.2 Å². The van der Waals surface area contributed by atoms with Crippen LogP contribution in [0.3, 0.4) is 0 Å². The van der Waals surface area contributed by atoms with Gasteiger partial charge in [0.15, 0.2) is 0 Å². The first-order valence-corrected chi connectivity index (χ1v) is 11.5. The molecule has 170 valence electrons. The van der Waals surface area contributed by atoms with E-state index in [1.807, 2.05) is 0 Å². The quantitative estimate of drug-likeness (QED) is 0.431. The van der Waals surface area contributed by atoms with E-state index in [2.05, 4.69) is 15.9 Å². The van der Waals surface area contributed by atoms with E-state index in [0.29, 0.717) is 29.4 Å². The molecule has 0 unspecified atom stereocenters. The van der Waals surface area contributed by atoms with Crippen LogP contribution in [-0.4, -0.2) is 41.3 Å². The van der Waals surface area contributed by atoms with Crippen molar-refractivity contribution < 1.29 is 33.1 Å². The number of carbonyl (C=O) groups excluding carboxylic acids is 4. The SMILES string of the molecule is CCOC(=O)c1oc2ccc(Br)cc2c1COC(=O)[C@H](C)N1C(=O)[C@@H]2CCCC[C@H]2C1=O. The van der Waals surface area contributed by atoms with Gasteiger partial charge in [-0.15, -0.1) is 0 Å². The number of ether oxygens (including phenoxy) is 2. The predicted octanol–water partition coefficient (Wildman–Crippen LogP) is 3.98. The highest BCUT2D eigenvalue weighted by atomic mass is 79.9. The number of carbonyl (C=O) groups is 4. The molecule has 1 aliphatic heterocycles. The molecule has 4 rings (SSSR count). The van der Waals surface area contributed by atoms with Gasteiger partial charge in [-0.3, -0.25) is 14.5 Å². The van der Waals surface area contributed by atoms with Gasteiger partial charge in [-0.1, -0.05) is 28.8 Å². The Kier molecular flexibility index (Phi) is 6.37. The summed E-state index contributed by atoms with van der Waals surface area (Å²) < 4.78 is 16.9. The molecule has 8 nitrogen and oxygen atoms in total. The highest BCUT2D eigenvalue weighted by Gasteiger charge is 2.51. The van der Waals surface area contributed by atoms with Crippen LogP contribution in [0.15, 0.2) is 27.1 Å². The van der Waals surface area contributed by atoms with E-state index < -0.39 is 18.0 Å². The molecule has 0 radical (unpaired) electrons. The van der Waals surface area contributed by atoms with Gasteiger partial charge in [-0.05, 0) is 44.9 Å². The van der Waals surface area contributed by atoms with Crippen molar-refractivity contribution in [3.05, 3.63) is 34.0 Å². The zero-order valence-corrected chi connectivity index (χ0v) is 19.5. The van der Waals surface area contributed by atoms with Crippen molar-refractivity contribution in [1.82, 2.24) is 4.90 Å². The maximum Gasteiger partial charge on any atom is 0.374 e. The molecule has 1 aromatic heterocycles. The monoisotopic (exact) mass is 505 g/mol. The zero-order chi connectivity index (χ0) is 23.0. The van der Waals surface area contributed by atoms with Crippen molar-refractivity contribution in [2.24, 2.45) is 11.8 Å². The van der Waals surface area contributed by atoms with Gasteiger partial charge in [0.2, 0.25) is 17.6 Å². The second kappa shape index (κ2) is 9.05. The molecule has 0 bridgehead atoms. The van der Waals surface area contributed by atoms with Gasteiger partial charge in [-0.25, -0.2) is 9.59 Å². The fourth-order valence-corrected chi connectivity index (χ4v) is 4.93. The zero-order valence-electron chi connectivity index (χ0n) is 17.9. The molecule has 2 fully saturated rings. The lowest BCUT2D eigenvalue weighted by Gasteiger charge is -2.21. The Bertz CT molecular complexity index is 1070. The lowest BCUT2D eigenvalue weighted by atomic mass is 9.81. The van der Waals surface area contributed by atoms with Gasteiger partial charge >= 0.3 is 11.9 Å². The fourth-order valence-electron chi connectivity index (χ4n) is 4.56. The fraction of sp³-hybridized carbons (Fsp3) is 0.478. The lowest BCUT2D eigenvalue weighted by molar-refractivity contribution is -0.159. The van der Waals surface area contributed by atoms with Crippen molar-refractivity contribution in [3.63, 3.8) is 0 Å². The molecule has 0 spiro atoms. The van der Waals surface area contributed by atoms with Gasteiger partial charge in [0, 0.05) is 9.86 Å². The molecule has 2 aromatic rings. The molecule has 0 N–H and O–H groups in total. The molecular weight excluding hydrogens is 482 g/mol. The maximum atomic E-state index is 12.8. The van der Waals surface area contributed by atoms with Crippen LogP contribution >= 0.6 is 15.9 Å². The molecule has 1 aromatic carbocycles. The molecule has 2 amide bonds. The number of rotatable bonds is 6. The normalized spacial score (nSPS) is 21.5. The largest absolute Gasteiger partial charge is 0.460 e. The molecule has 32 heavy (non-hydrogen) atoms. The number of halogens is 1. The van der Waals surface area contributed by atoms with Gasteiger partial charge in [0.25, 0.3) is 0 Å². The molecular formula is C23H24BrNO7. The number of benzene rings is 1. The number of hydrogen-bond donors (Lipinski definition) is 0. The second-order valence-corrected chi connectivity index (χ2v) is 9.01. The van der Waals surface area contributed by atoms with Crippen molar-refractivity contribution >= 4 is 50.7 Å². The minimum Gasteiger partial charge on any atom is -0.460 e.